The van der Waals surface area contributed by atoms with Gasteiger partial charge >= 0.3 is 6.03 Å². The fourth-order valence-electron chi connectivity index (χ4n) is 1.77. The van der Waals surface area contributed by atoms with Crippen LogP contribution in [0.3, 0.4) is 0 Å². The van der Waals surface area contributed by atoms with Crippen LogP contribution >= 0.6 is 11.6 Å². The Morgan fingerprint density at radius 3 is 2.58 bits per heavy atom. The van der Waals surface area contributed by atoms with Crippen LogP contribution in [0.4, 0.5) is 10.5 Å². The second kappa shape index (κ2) is 5.79. The highest BCUT2D eigenvalue weighted by Crippen LogP contribution is 2.32. The SMILES string of the molecule is NC(=NO)C(NC(=O)Nc1ccc(Cl)cc1)C1CC1. The van der Waals surface area contributed by atoms with Crippen LogP contribution in [0.2, 0.25) is 5.02 Å². The van der Waals surface area contributed by atoms with Gasteiger partial charge in [0.05, 0.1) is 6.04 Å². The molecular formula is C12H15ClN4O2. The number of amides is 2. The van der Waals surface area contributed by atoms with Crippen molar-refractivity contribution < 1.29 is 10.0 Å². The molecule has 7 heteroatoms. The number of hydrogen-bond acceptors (Lipinski definition) is 3. The van der Waals surface area contributed by atoms with Crippen molar-refractivity contribution in [3.63, 3.8) is 0 Å². The van der Waals surface area contributed by atoms with Gasteiger partial charge in [0.25, 0.3) is 0 Å². The molecule has 2 rings (SSSR count). The molecule has 5 N–H and O–H groups in total. The highest BCUT2D eigenvalue weighted by Gasteiger charge is 2.35. The molecule has 2 amide bonds. The van der Waals surface area contributed by atoms with Gasteiger partial charge in [0.2, 0.25) is 0 Å². The van der Waals surface area contributed by atoms with E-state index in [2.05, 4.69) is 15.8 Å². The third kappa shape index (κ3) is 3.75. The van der Waals surface area contributed by atoms with Gasteiger partial charge in [-0.25, -0.2) is 4.79 Å². The summed E-state index contributed by atoms with van der Waals surface area (Å²) in [4.78, 5) is 11.8. The van der Waals surface area contributed by atoms with Gasteiger partial charge in [0.1, 0.15) is 0 Å². The first-order valence-electron chi connectivity index (χ1n) is 5.90. The minimum atomic E-state index is -0.433. The number of halogens is 1. The van der Waals surface area contributed by atoms with Crippen molar-refractivity contribution in [1.29, 1.82) is 0 Å². The fraction of sp³-hybridized carbons (Fsp3) is 0.333. The first-order chi connectivity index (χ1) is 9.10. The van der Waals surface area contributed by atoms with E-state index in [9.17, 15) is 4.79 Å². The average Bonchev–Trinajstić information content (AvgIpc) is 3.22. The van der Waals surface area contributed by atoms with E-state index in [4.69, 9.17) is 22.5 Å². The van der Waals surface area contributed by atoms with E-state index < -0.39 is 12.1 Å². The lowest BCUT2D eigenvalue weighted by molar-refractivity contribution is 0.249. The molecule has 1 fully saturated rings. The van der Waals surface area contributed by atoms with Crippen LogP contribution in [-0.2, 0) is 0 Å². The number of amidine groups is 1. The Labute approximate surface area is 115 Å². The highest BCUT2D eigenvalue weighted by atomic mass is 35.5. The largest absolute Gasteiger partial charge is 0.409 e. The van der Waals surface area contributed by atoms with Crippen LogP contribution in [-0.4, -0.2) is 23.1 Å². The summed E-state index contributed by atoms with van der Waals surface area (Å²) in [5, 5.41) is 17.6. The van der Waals surface area contributed by atoms with Crippen molar-refractivity contribution in [2.75, 3.05) is 5.32 Å². The summed E-state index contributed by atoms with van der Waals surface area (Å²) in [5.41, 5.74) is 6.18. The molecule has 6 nitrogen and oxygen atoms in total. The fourth-order valence-corrected chi connectivity index (χ4v) is 1.89. The minimum absolute atomic E-state index is 0.0220. The lowest BCUT2D eigenvalue weighted by Crippen LogP contribution is -2.47. The summed E-state index contributed by atoms with van der Waals surface area (Å²) in [6.07, 6.45) is 1.92. The second-order valence-electron chi connectivity index (χ2n) is 4.45. The van der Waals surface area contributed by atoms with Gasteiger partial charge < -0.3 is 21.6 Å². The third-order valence-electron chi connectivity index (χ3n) is 2.92. The highest BCUT2D eigenvalue weighted by molar-refractivity contribution is 6.30. The van der Waals surface area contributed by atoms with E-state index in [1.807, 2.05) is 0 Å². The molecule has 102 valence electrons. The van der Waals surface area contributed by atoms with Crippen LogP contribution in [0.15, 0.2) is 29.4 Å². The van der Waals surface area contributed by atoms with Gasteiger partial charge in [0.15, 0.2) is 5.84 Å². The van der Waals surface area contributed by atoms with Crippen molar-refractivity contribution in [2.45, 2.75) is 18.9 Å². The smallest absolute Gasteiger partial charge is 0.319 e. The molecular weight excluding hydrogens is 268 g/mol. The summed E-state index contributed by atoms with van der Waals surface area (Å²) in [6, 6.07) is 5.91. The number of benzene rings is 1. The summed E-state index contributed by atoms with van der Waals surface area (Å²) < 4.78 is 0. The predicted molar refractivity (Wildman–Crippen MR) is 73.5 cm³/mol. The molecule has 1 unspecified atom stereocenters. The summed E-state index contributed by atoms with van der Waals surface area (Å²) >= 11 is 5.75. The number of nitrogens with two attached hydrogens (primary N) is 1. The predicted octanol–water partition coefficient (Wildman–Crippen LogP) is 1.99. The second-order valence-corrected chi connectivity index (χ2v) is 4.88. The first-order valence-corrected chi connectivity index (χ1v) is 6.28. The summed E-state index contributed by atoms with van der Waals surface area (Å²) in [5.74, 6) is 0.264. The molecule has 1 aliphatic rings. The Balaban J connectivity index is 1.94. The normalized spacial score (nSPS) is 16.8. The quantitative estimate of drug-likeness (QED) is 0.294. The van der Waals surface area contributed by atoms with E-state index in [1.54, 1.807) is 24.3 Å². The van der Waals surface area contributed by atoms with E-state index in [0.717, 1.165) is 12.8 Å². The van der Waals surface area contributed by atoms with Crippen molar-refractivity contribution in [2.24, 2.45) is 16.8 Å². The summed E-state index contributed by atoms with van der Waals surface area (Å²) in [7, 11) is 0. The zero-order valence-corrected chi connectivity index (χ0v) is 10.9. The van der Waals surface area contributed by atoms with Gasteiger partial charge in [0, 0.05) is 10.7 Å². The number of nitrogens with zero attached hydrogens (tertiary/aromatic N) is 1. The molecule has 0 bridgehead atoms. The molecule has 1 aromatic carbocycles. The van der Waals surface area contributed by atoms with Crippen molar-refractivity contribution in [3.05, 3.63) is 29.3 Å². The molecule has 1 aromatic rings. The molecule has 1 atom stereocenters. The monoisotopic (exact) mass is 282 g/mol. The Morgan fingerprint density at radius 2 is 2.05 bits per heavy atom. The van der Waals surface area contributed by atoms with E-state index in [-0.39, 0.29) is 11.8 Å². The number of oxime groups is 1. The molecule has 0 aliphatic heterocycles. The van der Waals surface area contributed by atoms with Crippen LogP contribution in [0, 0.1) is 5.92 Å². The Morgan fingerprint density at radius 1 is 1.42 bits per heavy atom. The number of hydrogen-bond donors (Lipinski definition) is 4. The van der Waals surface area contributed by atoms with Gasteiger partial charge in [-0.05, 0) is 43.0 Å². The lowest BCUT2D eigenvalue weighted by Gasteiger charge is -2.17. The van der Waals surface area contributed by atoms with Gasteiger partial charge in [-0.2, -0.15) is 0 Å². The standard InChI is InChI=1S/C12H15ClN4O2/c13-8-3-5-9(6-4-8)15-12(18)16-10(7-1-2-7)11(14)17-19/h3-7,10,19H,1-2H2,(H2,14,17)(H2,15,16,18). The van der Waals surface area contributed by atoms with Gasteiger partial charge in [-0.15, -0.1) is 0 Å². The zero-order valence-electron chi connectivity index (χ0n) is 10.1. The molecule has 0 radical (unpaired) electrons. The van der Waals surface area contributed by atoms with Crippen molar-refractivity contribution in [1.82, 2.24) is 5.32 Å². The van der Waals surface area contributed by atoms with E-state index in [0.29, 0.717) is 10.7 Å². The first kappa shape index (κ1) is 13.5. The van der Waals surface area contributed by atoms with Gasteiger partial charge in [-0.3, -0.25) is 0 Å². The molecule has 1 aliphatic carbocycles. The maximum absolute atomic E-state index is 11.8. The summed E-state index contributed by atoms with van der Waals surface area (Å²) in [6.45, 7) is 0. The van der Waals surface area contributed by atoms with Crippen molar-refractivity contribution in [3.8, 4) is 0 Å². The van der Waals surface area contributed by atoms with Crippen LogP contribution in [0.5, 0.6) is 0 Å². The molecule has 0 spiro atoms. The number of carbonyl (C=O) groups excluding carboxylic acids is 1. The topological polar surface area (TPSA) is 99.7 Å². The van der Waals surface area contributed by atoms with Crippen LogP contribution < -0.4 is 16.4 Å². The maximum Gasteiger partial charge on any atom is 0.319 e. The molecule has 0 aromatic heterocycles. The number of anilines is 1. The lowest BCUT2D eigenvalue weighted by atomic mass is 10.2. The third-order valence-corrected chi connectivity index (χ3v) is 3.17. The van der Waals surface area contributed by atoms with Crippen molar-refractivity contribution >= 4 is 29.2 Å². The Bertz CT molecular complexity index is 485. The minimum Gasteiger partial charge on any atom is -0.409 e. The maximum atomic E-state index is 11.8. The van der Waals surface area contributed by atoms with Crippen LogP contribution in [0.25, 0.3) is 0 Å². The van der Waals surface area contributed by atoms with E-state index >= 15 is 0 Å². The van der Waals surface area contributed by atoms with Crippen LogP contribution in [0.1, 0.15) is 12.8 Å². The number of nitrogens with one attached hydrogen (secondary N) is 2. The van der Waals surface area contributed by atoms with E-state index in [1.165, 1.54) is 0 Å². The Kier molecular flexibility index (Phi) is 4.11. The zero-order chi connectivity index (χ0) is 13.8. The molecule has 1 saturated carbocycles. The molecule has 19 heavy (non-hydrogen) atoms. The number of carbonyl (C=O) groups is 1. The van der Waals surface area contributed by atoms with Gasteiger partial charge in [-0.1, -0.05) is 16.8 Å². The number of rotatable bonds is 4. The molecule has 0 heterocycles. The average molecular weight is 283 g/mol. The molecule has 0 saturated heterocycles. The number of urea groups is 1. The Hall–Kier alpha value is -1.95.